The molecule has 1 saturated heterocycles. The number of nitrogens with zero attached hydrogens (tertiary/aromatic N) is 3. The maximum Gasteiger partial charge on any atom is 0.224 e. The Morgan fingerprint density at radius 2 is 2.00 bits per heavy atom. The van der Waals surface area contributed by atoms with Crippen LogP contribution >= 0.6 is 11.6 Å². The van der Waals surface area contributed by atoms with Crippen LogP contribution in [-0.4, -0.2) is 46.5 Å². The summed E-state index contributed by atoms with van der Waals surface area (Å²) >= 11 is 5.72. The molecule has 0 aromatic carbocycles. The van der Waals surface area contributed by atoms with Crippen molar-refractivity contribution >= 4 is 17.4 Å². The SMILES string of the molecule is OCc1nc(Cl)nc(N2CCOCC2)c1O. The van der Waals surface area contributed by atoms with E-state index in [0.29, 0.717) is 32.1 Å². The van der Waals surface area contributed by atoms with Gasteiger partial charge in [0.1, 0.15) is 5.69 Å². The third kappa shape index (κ3) is 2.18. The summed E-state index contributed by atoms with van der Waals surface area (Å²) in [6, 6.07) is 0. The Bertz CT molecular complexity index is 383. The van der Waals surface area contributed by atoms with Crippen LogP contribution in [0.15, 0.2) is 0 Å². The number of ether oxygens (including phenoxy) is 1. The molecule has 0 amide bonds. The van der Waals surface area contributed by atoms with E-state index in [9.17, 15) is 5.11 Å². The third-order valence-electron chi connectivity index (χ3n) is 2.37. The van der Waals surface area contributed by atoms with Gasteiger partial charge < -0.3 is 19.8 Å². The molecular weight excluding hydrogens is 234 g/mol. The van der Waals surface area contributed by atoms with Gasteiger partial charge in [-0.25, -0.2) is 4.98 Å². The lowest BCUT2D eigenvalue weighted by atomic mass is 10.3. The van der Waals surface area contributed by atoms with Crippen LogP contribution in [0.25, 0.3) is 0 Å². The molecule has 0 unspecified atom stereocenters. The van der Waals surface area contributed by atoms with E-state index in [1.807, 2.05) is 4.90 Å². The summed E-state index contributed by atoms with van der Waals surface area (Å²) in [5.74, 6) is 0.237. The van der Waals surface area contributed by atoms with Gasteiger partial charge in [0.15, 0.2) is 11.6 Å². The highest BCUT2D eigenvalue weighted by Crippen LogP contribution is 2.29. The molecule has 1 aromatic rings. The number of aromatic nitrogens is 2. The molecule has 0 radical (unpaired) electrons. The molecule has 1 aromatic heterocycles. The minimum Gasteiger partial charge on any atom is -0.503 e. The van der Waals surface area contributed by atoms with Crippen LogP contribution in [0.2, 0.25) is 5.28 Å². The van der Waals surface area contributed by atoms with Gasteiger partial charge in [-0.3, -0.25) is 0 Å². The summed E-state index contributed by atoms with van der Waals surface area (Å²) in [5.41, 5.74) is 0.140. The molecule has 1 aliphatic rings. The molecule has 0 spiro atoms. The molecule has 0 bridgehead atoms. The van der Waals surface area contributed by atoms with Crippen molar-refractivity contribution in [3.05, 3.63) is 11.0 Å². The van der Waals surface area contributed by atoms with E-state index in [-0.39, 0.29) is 23.3 Å². The highest BCUT2D eigenvalue weighted by atomic mass is 35.5. The van der Waals surface area contributed by atoms with E-state index < -0.39 is 0 Å². The number of morpholine rings is 1. The number of halogens is 1. The predicted molar refractivity (Wildman–Crippen MR) is 57.7 cm³/mol. The predicted octanol–water partition coefficient (Wildman–Crippen LogP) is 0.165. The van der Waals surface area contributed by atoms with Crippen LogP contribution < -0.4 is 4.90 Å². The number of rotatable bonds is 2. The van der Waals surface area contributed by atoms with Crippen molar-refractivity contribution in [1.29, 1.82) is 0 Å². The average molecular weight is 246 g/mol. The number of anilines is 1. The summed E-state index contributed by atoms with van der Waals surface area (Å²) in [7, 11) is 0. The zero-order chi connectivity index (χ0) is 11.5. The summed E-state index contributed by atoms with van der Waals surface area (Å²) in [6.45, 7) is 2.05. The highest BCUT2D eigenvalue weighted by molar-refractivity contribution is 6.28. The Balaban J connectivity index is 2.34. The Hall–Kier alpha value is -1.11. The molecule has 7 heteroatoms. The number of aromatic hydroxyl groups is 1. The third-order valence-corrected chi connectivity index (χ3v) is 2.54. The van der Waals surface area contributed by atoms with Crippen molar-refractivity contribution in [1.82, 2.24) is 9.97 Å². The normalized spacial score (nSPS) is 16.5. The maximum absolute atomic E-state index is 9.84. The van der Waals surface area contributed by atoms with Gasteiger partial charge in [-0.2, -0.15) is 4.98 Å². The number of hydrogen-bond donors (Lipinski definition) is 2. The average Bonchev–Trinajstić information content (AvgIpc) is 2.33. The number of aliphatic hydroxyl groups is 1. The first kappa shape index (κ1) is 11.4. The van der Waals surface area contributed by atoms with Crippen molar-refractivity contribution in [3.63, 3.8) is 0 Å². The van der Waals surface area contributed by atoms with Gasteiger partial charge in [-0.1, -0.05) is 0 Å². The summed E-state index contributed by atoms with van der Waals surface area (Å²) in [4.78, 5) is 9.56. The first-order valence-electron chi connectivity index (χ1n) is 4.91. The lowest BCUT2D eigenvalue weighted by Crippen LogP contribution is -2.37. The lowest BCUT2D eigenvalue weighted by molar-refractivity contribution is 0.122. The van der Waals surface area contributed by atoms with E-state index in [4.69, 9.17) is 21.4 Å². The van der Waals surface area contributed by atoms with E-state index in [0.717, 1.165) is 0 Å². The van der Waals surface area contributed by atoms with Gasteiger partial charge in [0.25, 0.3) is 0 Å². The molecule has 2 rings (SSSR count). The molecular formula is C9H12ClN3O3. The van der Waals surface area contributed by atoms with Crippen molar-refractivity contribution in [2.24, 2.45) is 0 Å². The second kappa shape index (κ2) is 4.82. The number of aliphatic hydroxyl groups excluding tert-OH is 1. The van der Waals surface area contributed by atoms with Crippen LogP contribution in [0.5, 0.6) is 5.75 Å². The molecule has 0 aliphatic carbocycles. The van der Waals surface area contributed by atoms with Crippen molar-refractivity contribution in [2.45, 2.75) is 6.61 Å². The molecule has 1 fully saturated rings. The summed E-state index contributed by atoms with van der Waals surface area (Å²) in [5, 5.41) is 18.9. The molecule has 16 heavy (non-hydrogen) atoms. The van der Waals surface area contributed by atoms with Gasteiger partial charge in [0, 0.05) is 13.1 Å². The molecule has 0 saturated carbocycles. The smallest absolute Gasteiger partial charge is 0.224 e. The lowest BCUT2D eigenvalue weighted by Gasteiger charge is -2.28. The topological polar surface area (TPSA) is 78.7 Å². The Morgan fingerprint density at radius 3 is 2.62 bits per heavy atom. The van der Waals surface area contributed by atoms with Crippen LogP contribution in [-0.2, 0) is 11.3 Å². The van der Waals surface area contributed by atoms with Crippen LogP contribution in [0, 0.1) is 0 Å². The molecule has 2 N–H and O–H groups in total. The Kier molecular flexibility index (Phi) is 3.42. The standard InChI is InChI=1S/C9H12ClN3O3/c10-9-11-6(5-14)7(15)8(12-9)13-1-3-16-4-2-13/h14-15H,1-5H2. The Morgan fingerprint density at radius 1 is 1.31 bits per heavy atom. The molecule has 6 nitrogen and oxygen atoms in total. The molecule has 2 heterocycles. The minimum atomic E-state index is -0.370. The van der Waals surface area contributed by atoms with Crippen molar-refractivity contribution in [2.75, 3.05) is 31.2 Å². The van der Waals surface area contributed by atoms with Crippen molar-refractivity contribution < 1.29 is 14.9 Å². The fourth-order valence-corrected chi connectivity index (χ4v) is 1.75. The summed E-state index contributed by atoms with van der Waals surface area (Å²) < 4.78 is 5.20. The molecule has 0 atom stereocenters. The zero-order valence-corrected chi connectivity index (χ0v) is 9.31. The fourth-order valence-electron chi connectivity index (χ4n) is 1.56. The van der Waals surface area contributed by atoms with E-state index >= 15 is 0 Å². The van der Waals surface area contributed by atoms with Gasteiger partial charge in [-0.15, -0.1) is 0 Å². The zero-order valence-electron chi connectivity index (χ0n) is 8.56. The first-order valence-corrected chi connectivity index (χ1v) is 5.29. The Labute approximate surface area is 97.5 Å². The minimum absolute atomic E-state index is 0.0170. The van der Waals surface area contributed by atoms with E-state index in [1.54, 1.807) is 0 Å². The second-order valence-electron chi connectivity index (χ2n) is 3.37. The number of hydrogen-bond acceptors (Lipinski definition) is 6. The second-order valence-corrected chi connectivity index (χ2v) is 3.71. The van der Waals surface area contributed by atoms with Crippen LogP contribution in [0.1, 0.15) is 5.69 Å². The van der Waals surface area contributed by atoms with E-state index in [2.05, 4.69) is 9.97 Å². The highest BCUT2D eigenvalue weighted by Gasteiger charge is 2.20. The van der Waals surface area contributed by atoms with Crippen LogP contribution in [0.3, 0.4) is 0 Å². The summed E-state index contributed by atoms with van der Waals surface area (Å²) in [6.07, 6.45) is 0. The van der Waals surface area contributed by atoms with Crippen LogP contribution in [0.4, 0.5) is 5.82 Å². The molecule has 1 aliphatic heterocycles. The molecule has 88 valence electrons. The van der Waals surface area contributed by atoms with E-state index in [1.165, 1.54) is 0 Å². The van der Waals surface area contributed by atoms with Gasteiger partial charge in [-0.05, 0) is 11.6 Å². The fraction of sp³-hybridized carbons (Fsp3) is 0.556. The van der Waals surface area contributed by atoms with Gasteiger partial charge in [0.2, 0.25) is 5.28 Å². The van der Waals surface area contributed by atoms with Crippen molar-refractivity contribution in [3.8, 4) is 5.75 Å². The largest absolute Gasteiger partial charge is 0.503 e. The first-order chi connectivity index (χ1) is 7.72. The monoisotopic (exact) mass is 245 g/mol. The maximum atomic E-state index is 9.84. The quantitative estimate of drug-likeness (QED) is 0.723. The van der Waals surface area contributed by atoms with Gasteiger partial charge >= 0.3 is 0 Å². The van der Waals surface area contributed by atoms with Gasteiger partial charge in [0.05, 0.1) is 19.8 Å².